The number of halogens is 1. The summed E-state index contributed by atoms with van der Waals surface area (Å²) in [5.41, 5.74) is 1.90. The first-order valence-electron chi connectivity index (χ1n) is 8.26. The van der Waals surface area contributed by atoms with Gasteiger partial charge in [0.1, 0.15) is 18.3 Å². The van der Waals surface area contributed by atoms with Gasteiger partial charge in [-0.05, 0) is 32.0 Å². The van der Waals surface area contributed by atoms with Gasteiger partial charge in [0.05, 0.1) is 5.69 Å². The highest BCUT2D eigenvalue weighted by molar-refractivity contribution is 5.50. The van der Waals surface area contributed by atoms with Crippen molar-refractivity contribution in [1.82, 2.24) is 10.3 Å². The molecule has 2 aromatic rings. The summed E-state index contributed by atoms with van der Waals surface area (Å²) in [4.78, 5) is 4.23. The van der Waals surface area contributed by atoms with E-state index in [0.717, 1.165) is 23.4 Å². The summed E-state index contributed by atoms with van der Waals surface area (Å²) in [5, 5.41) is 13.3. The number of aliphatic hydroxyl groups is 1. The number of pyridine rings is 1. The van der Waals surface area contributed by atoms with Crippen LogP contribution < -0.4 is 27.2 Å². The van der Waals surface area contributed by atoms with Gasteiger partial charge in [-0.1, -0.05) is 18.2 Å². The molecule has 1 aromatic carbocycles. The molecule has 0 bridgehead atoms. The number of hydrogen-bond donors (Lipinski definition) is 2. The fraction of sp³-hybridized carbons (Fsp3) is 0.421. The van der Waals surface area contributed by atoms with Gasteiger partial charge in [0.2, 0.25) is 0 Å². The highest BCUT2D eigenvalue weighted by atomic mass is 35.5. The predicted molar refractivity (Wildman–Crippen MR) is 92.3 cm³/mol. The number of aromatic nitrogens is 1. The monoisotopic (exact) mass is 363 g/mol. The Hall–Kier alpha value is -1.82. The maximum Gasteiger partial charge on any atom is 0.165 e. The molecule has 3 rings (SSSR count). The van der Waals surface area contributed by atoms with Gasteiger partial charge in [0.15, 0.2) is 11.5 Å². The van der Waals surface area contributed by atoms with E-state index in [4.69, 9.17) is 9.47 Å². The van der Waals surface area contributed by atoms with Crippen molar-refractivity contribution in [1.29, 1.82) is 0 Å². The highest BCUT2D eigenvalue weighted by Gasteiger charge is 2.32. The summed E-state index contributed by atoms with van der Waals surface area (Å²) in [7, 11) is 0. The van der Waals surface area contributed by atoms with Gasteiger partial charge in [-0.25, -0.2) is 0 Å². The van der Waals surface area contributed by atoms with Crippen LogP contribution in [0.1, 0.15) is 25.1 Å². The topological polar surface area (TPSA) is 63.6 Å². The zero-order valence-corrected chi connectivity index (χ0v) is 15.3. The number of nitrogens with zero attached hydrogens (tertiary/aromatic N) is 1. The van der Waals surface area contributed by atoms with E-state index in [1.54, 1.807) is 6.20 Å². The lowest BCUT2D eigenvalue weighted by Gasteiger charge is -2.19. The van der Waals surface area contributed by atoms with E-state index in [1.807, 2.05) is 30.3 Å². The summed E-state index contributed by atoms with van der Waals surface area (Å²) in [6, 6.07) is 11.7. The Labute approximate surface area is 154 Å². The van der Waals surface area contributed by atoms with Crippen LogP contribution in [0.3, 0.4) is 0 Å². The van der Waals surface area contributed by atoms with Crippen LogP contribution >= 0.6 is 0 Å². The fourth-order valence-corrected chi connectivity index (χ4v) is 2.82. The van der Waals surface area contributed by atoms with E-state index >= 15 is 0 Å². The third kappa shape index (κ3) is 5.33. The minimum atomic E-state index is -0.598. The van der Waals surface area contributed by atoms with Gasteiger partial charge < -0.3 is 32.3 Å². The first kappa shape index (κ1) is 19.5. The van der Waals surface area contributed by atoms with Crippen LogP contribution in [0.5, 0.6) is 11.5 Å². The molecule has 0 radical (unpaired) electrons. The molecule has 1 aromatic heterocycles. The van der Waals surface area contributed by atoms with Gasteiger partial charge in [0.25, 0.3) is 0 Å². The smallest absolute Gasteiger partial charge is 0.165 e. The summed E-state index contributed by atoms with van der Waals surface area (Å²) >= 11 is 0. The molecule has 25 heavy (non-hydrogen) atoms. The van der Waals surface area contributed by atoms with Gasteiger partial charge >= 0.3 is 0 Å². The zero-order valence-electron chi connectivity index (χ0n) is 14.5. The van der Waals surface area contributed by atoms with E-state index in [-0.39, 0.29) is 24.6 Å². The second-order valence-corrected chi connectivity index (χ2v) is 6.70. The number of rotatable bonds is 7. The number of aliphatic hydroxyl groups excluding tert-OH is 1. The van der Waals surface area contributed by atoms with Crippen molar-refractivity contribution < 1.29 is 27.0 Å². The molecule has 6 heteroatoms. The number of ether oxygens (including phenoxy) is 2. The maximum atomic E-state index is 10.1. The van der Waals surface area contributed by atoms with Crippen LogP contribution in [-0.4, -0.2) is 34.9 Å². The molecule has 1 unspecified atom stereocenters. The lowest BCUT2D eigenvalue weighted by molar-refractivity contribution is -0.0000102. The van der Waals surface area contributed by atoms with E-state index in [1.165, 1.54) is 0 Å². The quantitative estimate of drug-likeness (QED) is 0.683. The largest absolute Gasteiger partial charge is 1.00 e. The molecule has 0 amide bonds. The van der Waals surface area contributed by atoms with Crippen LogP contribution in [0.2, 0.25) is 0 Å². The van der Waals surface area contributed by atoms with Crippen molar-refractivity contribution in [3.8, 4) is 11.5 Å². The van der Waals surface area contributed by atoms with Crippen molar-refractivity contribution in [3.05, 3.63) is 53.9 Å². The molecular weight excluding hydrogens is 340 g/mol. The Balaban J connectivity index is 0.00000225. The summed E-state index contributed by atoms with van der Waals surface area (Å²) < 4.78 is 11.7. The Bertz CT molecular complexity index is 680. The number of nitrogens with one attached hydrogen (secondary N) is 1. The molecule has 0 aliphatic carbocycles. The molecule has 1 aliphatic heterocycles. The Morgan fingerprint density at radius 3 is 2.88 bits per heavy atom. The van der Waals surface area contributed by atoms with Crippen molar-refractivity contribution in [2.45, 2.75) is 38.5 Å². The molecule has 1 atom stereocenters. The maximum absolute atomic E-state index is 10.1. The molecule has 1 aliphatic rings. The number of hydrogen-bond acceptors (Lipinski definition) is 5. The molecule has 5 nitrogen and oxygen atoms in total. The second-order valence-electron chi connectivity index (χ2n) is 6.70. The number of fused-ring (bicyclic) bond motifs is 1. The molecule has 136 valence electrons. The predicted octanol–water partition coefficient (Wildman–Crippen LogP) is -0.671. The molecule has 0 saturated heterocycles. The molecule has 2 N–H and O–H groups in total. The average molecular weight is 364 g/mol. The van der Waals surface area contributed by atoms with Gasteiger partial charge in [-0.15, -0.1) is 0 Å². The normalized spacial score (nSPS) is 15.6. The Morgan fingerprint density at radius 1 is 1.28 bits per heavy atom. The lowest BCUT2D eigenvalue weighted by atomic mass is 10.0. The Morgan fingerprint density at radius 2 is 2.12 bits per heavy atom. The average Bonchev–Trinajstić information content (AvgIpc) is 2.88. The molecule has 2 heterocycles. The van der Waals surface area contributed by atoms with Crippen LogP contribution in [0.15, 0.2) is 42.6 Å². The van der Waals surface area contributed by atoms with Crippen molar-refractivity contribution in [3.63, 3.8) is 0 Å². The van der Waals surface area contributed by atoms with Crippen LogP contribution in [0.25, 0.3) is 0 Å². The SMILES string of the molecule is CC1(C)Cc2cccc(OCC(O)CNCc3ccccn3)c2O1.[Cl-]. The fourth-order valence-electron chi connectivity index (χ4n) is 2.82. The minimum Gasteiger partial charge on any atom is -1.00 e. The number of para-hydroxylation sites is 1. The molecule has 0 fully saturated rings. The van der Waals surface area contributed by atoms with E-state index < -0.39 is 6.10 Å². The van der Waals surface area contributed by atoms with E-state index in [2.05, 4.69) is 30.2 Å². The minimum absolute atomic E-state index is 0. The standard InChI is InChI=1S/C19H24N2O3.ClH/c1-19(2)10-14-6-5-8-17(18(14)24-19)23-13-16(22)12-20-11-15-7-3-4-9-21-15;/h3-9,16,20,22H,10-13H2,1-2H3;1H/p-1. The van der Waals surface area contributed by atoms with Crippen LogP contribution in [0, 0.1) is 0 Å². The molecular formula is C19H24ClN2O3-. The summed E-state index contributed by atoms with van der Waals surface area (Å²) in [6.07, 6.45) is 2.03. The summed E-state index contributed by atoms with van der Waals surface area (Å²) in [6.45, 7) is 5.41. The highest BCUT2D eigenvalue weighted by Crippen LogP contribution is 2.41. The van der Waals surface area contributed by atoms with Crippen LogP contribution in [0.4, 0.5) is 0 Å². The molecule has 0 spiro atoms. The van der Waals surface area contributed by atoms with Crippen molar-refractivity contribution in [2.75, 3.05) is 13.2 Å². The molecule has 0 saturated carbocycles. The van der Waals surface area contributed by atoms with E-state index in [0.29, 0.717) is 18.8 Å². The van der Waals surface area contributed by atoms with Crippen LogP contribution in [-0.2, 0) is 13.0 Å². The van der Waals surface area contributed by atoms with Gasteiger partial charge in [0, 0.05) is 31.3 Å². The third-order valence-corrected chi connectivity index (χ3v) is 3.90. The van der Waals surface area contributed by atoms with E-state index in [9.17, 15) is 5.11 Å². The summed E-state index contributed by atoms with van der Waals surface area (Å²) in [5.74, 6) is 1.50. The van der Waals surface area contributed by atoms with Crippen molar-refractivity contribution in [2.24, 2.45) is 0 Å². The van der Waals surface area contributed by atoms with Gasteiger partial charge in [-0.3, -0.25) is 4.98 Å². The zero-order chi connectivity index (χ0) is 17.0. The first-order valence-corrected chi connectivity index (χ1v) is 8.26. The van der Waals surface area contributed by atoms with Crippen molar-refractivity contribution >= 4 is 0 Å². The lowest BCUT2D eigenvalue weighted by Crippen LogP contribution is -3.00. The number of benzene rings is 1. The first-order chi connectivity index (χ1) is 11.5. The Kier molecular flexibility index (Phi) is 6.64. The van der Waals surface area contributed by atoms with Gasteiger partial charge in [-0.2, -0.15) is 0 Å². The third-order valence-electron chi connectivity index (χ3n) is 3.90. The second kappa shape index (κ2) is 8.52.